The van der Waals surface area contributed by atoms with Crippen molar-refractivity contribution < 1.29 is 28.7 Å². The summed E-state index contributed by atoms with van der Waals surface area (Å²) in [5.41, 5.74) is 3.55. The molecule has 6 heterocycles. The number of methoxy groups -OCH3 is 2. The van der Waals surface area contributed by atoms with Gasteiger partial charge in [-0.2, -0.15) is 0 Å². The molecule has 2 aliphatic heterocycles. The van der Waals surface area contributed by atoms with Gasteiger partial charge in [-0.3, -0.25) is 9.59 Å². The minimum absolute atomic E-state index is 0.146. The quantitative estimate of drug-likeness (QED) is 0.106. The summed E-state index contributed by atoms with van der Waals surface area (Å²) in [5, 5.41) is 7.58. The smallest absolute Gasteiger partial charge is 0.407 e. The Hall–Kier alpha value is -5.48. The molecule has 0 spiro atoms. The molecule has 0 saturated carbocycles. The number of carbonyl (C=O) groups excluding carboxylic acids is 4. The van der Waals surface area contributed by atoms with Gasteiger partial charge in [-0.15, -0.1) is 22.7 Å². The van der Waals surface area contributed by atoms with Crippen molar-refractivity contribution in [2.75, 3.05) is 27.3 Å². The third-order valence-corrected chi connectivity index (χ3v) is 12.6. The highest BCUT2D eigenvalue weighted by molar-refractivity contribution is 7.23. The number of thiophene rings is 2. The van der Waals surface area contributed by atoms with Gasteiger partial charge in [0.25, 0.3) is 0 Å². The van der Waals surface area contributed by atoms with E-state index in [2.05, 4.69) is 58.0 Å². The molecule has 7 rings (SSSR count). The molecule has 294 valence electrons. The fraction of sp³-hybridized carbons (Fsp3) is 0.400. The van der Waals surface area contributed by atoms with E-state index in [1.165, 1.54) is 14.2 Å². The fourth-order valence-corrected chi connectivity index (χ4v) is 9.52. The Morgan fingerprint density at radius 2 is 1.11 bits per heavy atom. The van der Waals surface area contributed by atoms with Gasteiger partial charge >= 0.3 is 12.2 Å². The van der Waals surface area contributed by atoms with Gasteiger partial charge in [-0.1, -0.05) is 52.0 Å². The highest BCUT2D eigenvalue weighted by atomic mass is 32.1. The van der Waals surface area contributed by atoms with E-state index in [0.29, 0.717) is 37.6 Å². The summed E-state index contributed by atoms with van der Waals surface area (Å²) in [6.07, 6.45) is 3.46. The van der Waals surface area contributed by atoms with Crippen molar-refractivity contribution >= 4 is 66.8 Å². The zero-order chi connectivity index (χ0) is 40.0. The largest absolute Gasteiger partial charge is 0.453 e. The molecule has 4 unspecified atom stereocenters. The van der Waals surface area contributed by atoms with Gasteiger partial charge in [0.05, 0.1) is 59.8 Å². The molecule has 2 saturated heterocycles. The summed E-state index contributed by atoms with van der Waals surface area (Å²) < 4.78 is 11.8. The number of carbonyl (C=O) groups is 4. The van der Waals surface area contributed by atoms with Crippen molar-refractivity contribution in [1.82, 2.24) is 40.4 Å². The number of aromatic amines is 2. The Balaban J connectivity index is 1.09. The molecule has 4 N–H and O–H groups in total. The monoisotopic (exact) mass is 798 g/mol. The van der Waals surface area contributed by atoms with Crippen LogP contribution in [0.1, 0.15) is 64.3 Å². The number of aromatic nitrogens is 4. The Morgan fingerprint density at radius 3 is 1.46 bits per heavy atom. The molecular weight excluding hydrogens is 753 g/mol. The third-order valence-electron chi connectivity index (χ3n) is 10.4. The number of imidazole rings is 2. The fourth-order valence-electron chi connectivity index (χ4n) is 7.41. The van der Waals surface area contributed by atoms with Gasteiger partial charge in [0.2, 0.25) is 11.8 Å². The summed E-state index contributed by atoms with van der Waals surface area (Å²) in [4.78, 5) is 73.3. The number of nitrogens with one attached hydrogen (secondary N) is 4. The number of nitrogens with zero attached hydrogens (tertiary/aromatic N) is 4. The number of alkyl carbamates (subject to hydrolysis) is 2. The second kappa shape index (κ2) is 15.6. The normalized spacial score (nSPS) is 18.4. The standard InChI is InChI=1S/C40H46N8O6S2/c1-19(2)33(45-39(51)53-7)37(49)47-17-21(5)9-27(47)35-41-15-25(43-35)31-13-23-11-30-24(12-29(23)55-31)14-32(56-30)26-16-42-36(44-26)28-10-22(6)18-48(28)38(50)34(20(3)4)46-40(52)54-8/h11-16,19-20,27-28,33-34H,5-6,9-10,17-18H2,1-4,7-8H3,(H,41,43)(H,42,44)(H,45,51)(H,46,52). The predicted molar refractivity (Wildman–Crippen MR) is 217 cm³/mol. The molecule has 14 nitrogen and oxygen atoms in total. The second-order valence-electron chi connectivity index (χ2n) is 15.1. The van der Waals surface area contributed by atoms with E-state index in [-0.39, 0.29) is 35.7 Å². The lowest BCUT2D eigenvalue weighted by molar-refractivity contribution is -0.136. The number of benzene rings is 1. The van der Waals surface area contributed by atoms with E-state index in [9.17, 15) is 19.2 Å². The van der Waals surface area contributed by atoms with Crippen LogP contribution < -0.4 is 10.6 Å². The summed E-state index contributed by atoms with van der Waals surface area (Å²) >= 11 is 3.32. The maximum atomic E-state index is 13.7. The van der Waals surface area contributed by atoms with Crippen LogP contribution in [0.2, 0.25) is 0 Å². The topological polar surface area (TPSA) is 175 Å². The second-order valence-corrected chi connectivity index (χ2v) is 17.3. The molecule has 16 heteroatoms. The van der Waals surface area contributed by atoms with Gasteiger partial charge in [-0.25, -0.2) is 19.6 Å². The molecule has 4 aromatic heterocycles. The third kappa shape index (κ3) is 7.54. The molecule has 2 fully saturated rings. The Bertz CT molecular complexity index is 2140. The molecule has 1 aromatic carbocycles. The van der Waals surface area contributed by atoms with Crippen molar-refractivity contribution in [3.63, 3.8) is 0 Å². The molecule has 5 aromatic rings. The molecule has 4 amide bonds. The molecule has 0 radical (unpaired) electrons. The van der Waals surface area contributed by atoms with E-state index >= 15 is 0 Å². The summed E-state index contributed by atoms with van der Waals surface area (Å²) in [5.74, 6) is 0.639. The zero-order valence-electron chi connectivity index (χ0n) is 32.2. The highest BCUT2D eigenvalue weighted by Gasteiger charge is 2.40. The lowest BCUT2D eigenvalue weighted by Gasteiger charge is -2.29. The highest BCUT2D eigenvalue weighted by Crippen LogP contribution is 2.42. The van der Waals surface area contributed by atoms with Gasteiger partial charge in [0.15, 0.2) is 0 Å². The van der Waals surface area contributed by atoms with Crippen LogP contribution in [0.5, 0.6) is 0 Å². The molecule has 2 aliphatic rings. The van der Waals surface area contributed by atoms with Gasteiger partial charge < -0.3 is 39.9 Å². The van der Waals surface area contributed by atoms with Crippen LogP contribution in [0.4, 0.5) is 9.59 Å². The zero-order valence-corrected chi connectivity index (χ0v) is 33.9. The first kappa shape index (κ1) is 38.8. The first-order chi connectivity index (χ1) is 26.7. The van der Waals surface area contributed by atoms with Crippen molar-refractivity contribution in [1.29, 1.82) is 0 Å². The average Bonchev–Trinajstić information content (AvgIpc) is 4.01. The average molecular weight is 799 g/mol. The van der Waals surface area contributed by atoms with E-state index in [1.54, 1.807) is 44.9 Å². The van der Waals surface area contributed by atoms with Gasteiger partial charge in [0.1, 0.15) is 23.7 Å². The molecule has 4 atom stereocenters. The predicted octanol–water partition coefficient (Wildman–Crippen LogP) is 7.32. The number of hydrogen-bond donors (Lipinski definition) is 4. The molecule has 0 bridgehead atoms. The lowest BCUT2D eigenvalue weighted by atomic mass is 10.0. The van der Waals surface area contributed by atoms with E-state index in [4.69, 9.17) is 19.4 Å². The number of likely N-dealkylation sites (tertiary alicyclic amines) is 2. The van der Waals surface area contributed by atoms with E-state index < -0.39 is 24.3 Å². The minimum atomic E-state index is -0.743. The van der Waals surface area contributed by atoms with Crippen LogP contribution in [0.15, 0.2) is 61.0 Å². The summed E-state index contributed by atoms with van der Waals surface area (Å²) in [6, 6.07) is 6.53. The molecular formula is C40H46N8O6S2. The van der Waals surface area contributed by atoms with Gasteiger partial charge in [0, 0.05) is 22.5 Å². The van der Waals surface area contributed by atoms with Crippen LogP contribution in [-0.2, 0) is 19.1 Å². The number of hydrogen-bond acceptors (Lipinski definition) is 10. The van der Waals surface area contributed by atoms with Crippen LogP contribution in [0.25, 0.3) is 41.3 Å². The Labute approximate surface area is 332 Å². The Kier molecular flexibility index (Phi) is 10.8. The molecule has 56 heavy (non-hydrogen) atoms. The SMILES string of the molecule is C=C1CC(c2ncc(-c3cc4cc5sc(-c6cnc(C7CC(=C)CN7C(=O)C(NC(=O)OC)C(C)C)[nH]6)cc5cc4s3)[nH]2)N(C(=O)C(NC(=O)OC)C(C)C)C1. The number of ether oxygens (including phenoxy) is 2. The number of H-pyrrole nitrogens is 2. The minimum Gasteiger partial charge on any atom is -0.453 e. The summed E-state index contributed by atoms with van der Waals surface area (Å²) in [7, 11) is 2.56. The summed E-state index contributed by atoms with van der Waals surface area (Å²) in [6.45, 7) is 16.6. The number of amides is 4. The van der Waals surface area contributed by atoms with Crippen LogP contribution in [-0.4, -0.2) is 93.1 Å². The van der Waals surface area contributed by atoms with Crippen LogP contribution in [0.3, 0.4) is 0 Å². The maximum Gasteiger partial charge on any atom is 0.407 e. The molecule has 0 aliphatic carbocycles. The van der Waals surface area contributed by atoms with E-state index in [1.807, 2.05) is 27.7 Å². The van der Waals surface area contributed by atoms with Gasteiger partial charge in [-0.05, 0) is 59.7 Å². The lowest BCUT2D eigenvalue weighted by Crippen LogP contribution is -2.51. The van der Waals surface area contributed by atoms with Crippen molar-refractivity contribution in [3.8, 4) is 21.1 Å². The number of fused-ring (bicyclic) bond motifs is 2. The first-order valence-electron chi connectivity index (χ1n) is 18.5. The number of rotatable bonds is 10. The Morgan fingerprint density at radius 1 is 0.714 bits per heavy atom. The maximum absolute atomic E-state index is 13.7. The van der Waals surface area contributed by atoms with Crippen LogP contribution >= 0.6 is 22.7 Å². The van der Waals surface area contributed by atoms with Crippen molar-refractivity contribution in [2.45, 2.75) is 64.7 Å². The van der Waals surface area contributed by atoms with Crippen LogP contribution in [0, 0.1) is 11.8 Å². The van der Waals surface area contributed by atoms with E-state index in [0.717, 1.165) is 52.5 Å². The first-order valence-corrected chi connectivity index (χ1v) is 20.1. The van der Waals surface area contributed by atoms with Crippen molar-refractivity contribution in [3.05, 3.63) is 72.6 Å². The van der Waals surface area contributed by atoms with Crippen molar-refractivity contribution in [2.24, 2.45) is 11.8 Å².